The van der Waals surface area contributed by atoms with E-state index in [-0.39, 0.29) is 11.8 Å². The van der Waals surface area contributed by atoms with Crippen LogP contribution in [0.4, 0.5) is 5.69 Å². The molecule has 3 rings (SSSR count). The Morgan fingerprint density at radius 1 is 0.852 bits per heavy atom. The number of carbonyl (C=O) groups is 2. The van der Waals surface area contributed by atoms with Gasteiger partial charge in [-0.3, -0.25) is 9.59 Å². The topological polar surface area (TPSA) is 58.2 Å². The second-order valence-corrected chi connectivity index (χ2v) is 7.00. The molecule has 4 nitrogen and oxygen atoms in total. The summed E-state index contributed by atoms with van der Waals surface area (Å²) in [4.78, 5) is 25.4. The van der Waals surface area contributed by atoms with Crippen LogP contribution in [0.25, 0.3) is 0 Å². The average molecular weight is 423 g/mol. The number of rotatable bonds is 6. The van der Waals surface area contributed by atoms with Gasteiger partial charge < -0.3 is 10.6 Å². The van der Waals surface area contributed by atoms with Crippen LogP contribution in [-0.4, -0.2) is 17.9 Å². The van der Waals surface area contributed by atoms with E-state index in [0.717, 1.165) is 10.0 Å². The van der Waals surface area contributed by atoms with Crippen molar-refractivity contribution in [2.45, 2.75) is 12.5 Å². The van der Waals surface area contributed by atoms with Crippen LogP contribution in [0.15, 0.2) is 89.4 Å². The van der Waals surface area contributed by atoms with E-state index in [1.807, 2.05) is 54.6 Å². The van der Waals surface area contributed by atoms with Gasteiger partial charge >= 0.3 is 0 Å². The maximum Gasteiger partial charge on any atom is 0.251 e. The summed E-state index contributed by atoms with van der Waals surface area (Å²) in [5, 5.41) is 5.73. The third kappa shape index (κ3) is 5.53. The van der Waals surface area contributed by atoms with Gasteiger partial charge in [0.2, 0.25) is 5.91 Å². The number of halogens is 1. The minimum Gasteiger partial charge on any atom is -0.340 e. The van der Waals surface area contributed by atoms with Crippen LogP contribution < -0.4 is 10.6 Å². The maximum absolute atomic E-state index is 12.9. The SMILES string of the molecule is O=C(NC(Cc1ccccc1)C(=O)Nc1cccc(Br)c1)c1ccccc1. The van der Waals surface area contributed by atoms with Crippen molar-refractivity contribution in [2.75, 3.05) is 5.32 Å². The first kappa shape index (κ1) is 18.9. The lowest BCUT2D eigenvalue weighted by atomic mass is 10.0. The van der Waals surface area contributed by atoms with Gasteiger partial charge in [0.1, 0.15) is 6.04 Å². The fourth-order valence-corrected chi connectivity index (χ4v) is 3.09. The van der Waals surface area contributed by atoms with E-state index in [1.165, 1.54) is 0 Å². The number of hydrogen-bond acceptors (Lipinski definition) is 2. The maximum atomic E-state index is 12.9. The number of amides is 2. The van der Waals surface area contributed by atoms with Gasteiger partial charge in [-0.2, -0.15) is 0 Å². The van der Waals surface area contributed by atoms with Gasteiger partial charge in [0, 0.05) is 22.1 Å². The van der Waals surface area contributed by atoms with E-state index in [1.54, 1.807) is 30.3 Å². The van der Waals surface area contributed by atoms with Crippen LogP contribution in [0.3, 0.4) is 0 Å². The molecule has 136 valence electrons. The van der Waals surface area contributed by atoms with Gasteiger partial charge in [-0.15, -0.1) is 0 Å². The van der Waals surface area contributed by atoms with E-state index in [4.69, 9.17) is 0 Å². The Balaban J connectivity index is 1.78. The molecule has 3 aromatic carbocycles. The summed E-state index contributed by atoms with van der Waals surface area (Å²) >= 11 is 3.39. The van der Waals surface area contributed by atoms with Crippen LogP contribution in [-0.2, 0) is 11.2 Å². The zero-order valence-electron chi connectivity index (χ0n) is 14.6. The summed E-state index contributed by atoms with van der Waals surface area (Å²) in [6.07, 6.45) is 0.402. The Bertz CT molecular complexity index is 914. The first-order valence-electron chi connectivity index (χ1n) is 8.58. The molecule has 0 spiro atoms. The summed E-state index contributed by atoms with van der Waals surface area (Å²) in [7, 11) is 0. The molecular weight excluding hydrogens is 404 g/mol. The Labute approximate surface area is 166 Å². The lowest BCUT2D eigenvalue weighted by molar-refractivity contribution is -0.118. The molecule has 2 N–H and O–H groups in total. The summed E-state index contributed by atoms with van der Waals surface area (Å²) in [5.41, 5.74) is 2.16. The zero-order chi connectivity index (χ0) is 19.1. The van der Waals surface area contributed by atoms with Crippen molar-refractivity contribution in [3.05, 3.63) is 101 Å². The highest BCUT2D eigenvalue weighted by molar-refractivity contribution is 9.10. The molecule has 3 aromatic rings. The number of benzene rings is 3. The van der Waals surface area contributed by atoms with Gasteiger partial charge in [0.25, 0.3) is 5.91 Å². The Morgan fingerprint density at radius 2 is 1.52 bits per heavy atom. The Hall–Kier alpha value is -2.92. The van der Waals surface area contributed by atoms with Crippen molar-refractivity contribution < 1.29 is 9.59 Å². The van der Waals surface area contributed by atoms with Gasteiger partial charge in [-0.05, 0) is 35.9 Å². The first-order valence-corrected chi connectivity index (χ1v) is 9.37. The molecule has 0 saturated carbocycles. The van der Waals surface area contributed by atoms with E-state index >= 15 is 0 Å². The van der Waals surface area contributed by atoms with E-state index in [9.17, 15) is 9.59 Å². The second kappa shape index (κ2) is 9.14. The van der Waals surface area contributed by atoms with Gasteiger partial charge in [-0.1, -0.05) is 70.5 Å². The molecule has 1 atom stereocenters. The molecule has 0 aliphatic heterocycles. The summed E-state index contributed by atoms with van der Waals surface area (Å²) < 4.78 is 0.869. The molecular formula is C22H19BrN2O2. The largest absolute Gasteiger partial charge is 0.340 e. The molecule has 5 heteroatoms. The molecule has 0 fully saturated rings. The molecule has 2 amide bonds. The average Bonchev–Trinajstić information content (AvgIpc) is 2.69. The Morgan fingerprint density at radius 3 is 2.19 bits per heavy atom. The highest BCUT2D eigenvalue weighted by Gasteiger charge is 2.22. The highest BCUT2D eigenvalue weighted by Crippen LogP contribution is 2.16. The molecule has 0 radical (unpaired) electrons. The molecule has 0 aromatic heterocycles. The minimum atomic E-state index is -0.695. The molecule has 1 unspecified atom stereocenters. The summed E-state index contributed by atoms with van der Waals surface area (Å²) in [5.74, 6) is -0.540. The van der Waals surface area contributed by atoms with Crippen molar-refractivity contribution in [2.24, 2.45) is 0 Å². The third-order valence-corrected chi connectivity index (χ3v) is 4.53. The number of nitrogens with one attached hydrogen (secondary N) is 2. The van der Waals surface area contributed by atoms with Crippen LogP contribution in [0.2, 0.25) is 0 Å². The normalized spacial score (nSPS) is 11.4. The second-order valence-electron chi connectivity index (χ2n) is 6.08. The highest BCUT2D eigenvalue weighted by atomic mass is 79.9. The minimum absolute atomic E-state index is 0.263. The molecule has 0 aliphatic rings. The fourth-order valence-electron chi connectivity index (χ4n) is 2.69. The zero-order valence-corrected chi connectivity index (χ0v) is 16.1. The van der Waals surface area contributed by atoms with Gasteiger partial charge in [-0.25, -0.2) is 0 Å². The van der Waals surface area contributed by atoms with Crippen molar-refractivity contribution >= 4 is 33.4 Å². The van der Waals surface area contributed by atoms with Crippen LogP contribution >= 0.6 is 15.9 Å². The predicted octanol–water partition coefficient (Wildman–Crippen LogP) is 4.43. The predicted molar refractivity (Wildman–Crippen MR) is 111 cm³/mol. The smallest absolute Gasteiger partial charge is 0.251 e. The summed E-state index contributed by atoms with van der Waals surface area (Å²) in [6.45, 7) is 0. The van der Waals surface area contributed by atoms with Crippen LogP contribution in [0.5, 0.6) is 0 Å². The molecule has 0 saturated heterocycles. The molecule has 27 heavy (non-hydrogen) atoms. The third-order valence-electron chi connectivity index (χ3n) is 4.03. The number of anilines is 1. The van der Waals surface area contributed by atoms with Crippen molar-refractivity contribution in [3.8, 4) is 0 Å². The Kier molecular flexibility index (Phi) is 6.39. The van der Waals surface area contributed by atoms with E-state index in [2.05, 4.69) is 26.6 Å². The van der Waals surface area contributed by atoms with Crippen LogP contribution in [0, 0.1) is 0 Å². The van der Waals surface area contributed by atoms with Gasteiger partial charge in [0.15, 0.2) is 0 Å². The van der Waals surface area contributed by atoms with Crippen LogP contribution in [0.1, 0.15) is 15.9 Å². The fraction of sp³-hybridized carbons (Fsp3) is 0.0909. The number of carbonyl (C=O) groups excluding carboxylic acids is 2. The van der Waals surface area contributed by atoms with Crippen molar-refractivity contribution in [1.29, 1.82) is 0 Å². The van der Waals surface area contributed by atoms with Crippen molar-refractivity contribution in [1.82, 2.24) is 5.32 Å². The van der Waals surface area contributed by atoms with E-state index in [0.29, 0.717) is 17.7 Å². The van der Waals surface area contributed by atoms with E-state index < -0.39 is 6.04 Å². The molecule has 0 aliphatic carbocycles. The quantitative estimate of drug-likeness (QED) is 0.617. The lowest BCUT2D eigenvalue weighted by Gasteiger charge is -2.19. The summed E-state index contributed by atoms with van der Waals surface area (Å²) in [6, 6.07) is 25.2. The molecule has 0 bridgehead atoms. The van der Waals surface area contributed by atoms with Gasteiger partial charge in [0.05, 0.1) is 0 Å². The first-order chi connectivity index (χ1) is 13.1. The lowest BCUT2D eigenvalue weighted by Crippen LogP contribution is -2.45. The molecule has 0 heterocycles. The monoisotopic (exact) mass is 422 g/mol. The number of hydrogen-bond donors (Lipinski definition) is 2. The standard InChI is InChI=1S/C22H19BrN2O2/c23-18-12-7-13-19(15-18)24-22(27)20(14-16-8-3-1-4-9-16)25-21(26)17-10-5-2-6-11-17/h1-13,15,20H,14H2,(H,24,27)(H,25,26). The van der Waals surface area contributed by atoms with Crippen molar-refractivity contribution in [3.63, 3.8) is 0 Å².